The molecule has 2 aromatic rings. The Morgan fingerprint density at radius 1 is 1.28 bits per heavy atom. The van der Waals surface area contributed by atoms with Crippen LogP contribution in [0.5, 0.6) is 0 Å². The van der Waals surface area contributed by atoms with Crippen molar-refractivity contribution in [3.63, 3.8) is 0 Å². The van der Waals surface area contributed by atoms with E-state index < -0.39 is 9.84 Å². The topological polar surface area (TPSA) is 106 Å². The van der Waals surface area contributed by atoms with Crippen LogP contribution in [0.25, 0.3) is 11.1 Å². The number of aromatic nitrogens is 2. The Labute approximate surface area is 103 Å². The van der Waals surface area contributed by atoms with Gasteiger partial charge in [-0.05, 0) is 23.8 Å². The fourth-order valence-corrected chi connectivity index (χ4v) is 2.43. The van der Waals surface area contributed by atoms with E-state index in [-0.39, 0.29) is 16.1 Å². The maximum Gasteiger partial charge on any atom is 0.272 e. The van der Waals surface area contributed by atoms with Crippen molar-refractivity contribution in [3.05, 3.63) is 40.8 Å². The van der Waals surface area contributed by atoms with Crippen molar-refractivity contribution in [1.29, 1.82) is 0 Å². The van der Waals surface area contributed by atoms with E-state index in [1.165, 1.54) is 24.4 Å². The van der Waals surface area contributed by atoms with Crippen molar-refractivity contribution in [2.45, 2.75) is 4.90 Å². The van der Waals surface area contributed by atoms with Gasteiger partial charge in [-0.15, -0.1) is 0 Å². The third-order valence-corrected chi connectivity index (χ3v) is 3.60. The van der Waals surface area contributed by atoms with E-state index in [1.54, 1.807) is 6.07 Å². The van der Waals surface area contributed by atoms with Crippen molar-refractivity contribution in [1.82, 2.24) is 10.2 Å². The lowest BCUT2D eigenvalue weighted by Gasteiger charge is -2.06. The van der Waals surface area contributed by atoms with Gasteiger partial charge in [-0.2, -0.15) is 5.10 Å². The summed E-state index contributed by atoms with van der Waals surface area (Å²) in [7, 11) is -3.43. The molecule has 3 N–H and O–H groups in total. The van der Waals surface area contributed by atoms with Crippen LogP contribution in [0.15, 0.2) is 40.2 Å². The molecule has 0 radical (unpaired) electrons. The quantitative estimate of drug-likeness (QED) is 0.765. The van der Waals surface area contributed by atoms with Crippen LogP contribution in [-0.4, -0.2) is 24.9 Å². The number of nitrogens with one attached hydrogen (secondary N) is 1. The molecule has 0 amide bonds. The maximum atomic E-state index is 11.6. The number of nitrogens with zero attached hydrogens (tertiary/aromatic N) is 1. The molecule has 0 atom stereocenters. The van der Waals surface area contributed by atoms with Crippen LogP contribution >= 0.6 is 0 Å². The first kappa shape index (κ1) is 12.3. The van der Waals surface area contributed by atoms with Crippen molar-refractivity contribution >= 4 is 15.5 Å². The summed E-state index contributed by atoms with van der Waals surface area (Å²) < 4.78 is 23.1. The molecular formula is C11H11N3O3S. The molecule has 6 nitrogen and oxygen atoms in total. The Bertz CT molecular complexity index is 750. The van der Waals surface area contributed by atoms with E-state index in [4.69, 9.17) is 5.73 Å². The molecule has 0 aliphatic carbocycles. The third-order valence-electron chi connectivity index (χ3n) is 2.45. The summed E-state index contributed by atoms with van der Waals surface area (Å²) in [4.78, 5) is 11.6. The maximum absolute atomic E-state index is 11.6. The largest absolute Gasteiger partial charge is 0.398 e. The first-order chi connectivity index (χ1) is 8.39. The van der Waals surface area contributed by atoms with Crippen LogP contribution in [0.3, 0.4) is 0 Å². The highest BCUT2D eigenvalue weighted by Crippen LogP contribution is 2.24. The van der Waals surface area contributed by atoms with Crippen molar-refractivity contribution in [2.24, 2.45) is 0 Å². The Balaban J connectivity index is 2.70. The summed E-state index contributed by atoms with van der Waals surface area (Å²) >= 11 is 0. The second-order valence-corrected chi connectivity index (χ2v) is 5.81. The minimum Gasteiger partial charge on any atom is -0.398 e. The van der Waals surface area contributed by atoms with E-state index in [2.05, 4.69) is 10.2 Å². The molecule has 2 rings (SSSR count). The van der Waals surface area contributed by atoms with Gasteiger partial charge in [0.2, 0.25) is 0 Å². The summed E-state index contributed by atoms with van der Waals surface area (Å²) in [5, 5.41) is 5.86. The van der Waals surface area contributed by atoms with Gasteiger partial charge in [-0.25, -0.2) is 13.5 Å². The van der Waals surface area contributed by atoms with Crippen molar-refractivity contribution in [2.75, 3.05) is 12.0 Å². The number of H-pyrrole nitrogens is 1. The van der Waals surface area contributed by atoms with Gasteiger partial charge in [0, 0.05) is 12.5 Å². The summed E-state index contributed by atoms with van der Waals surface area (Å²) in [6, 6.07) is 5.95. The van der Waals surface area contributed by atoms with Gasteiger partial charge in [-0.1, -0.05) is 6.07 Å². The lowest BCUT2D eigenvalue weighted by molar-refractivity contribution is 0.602. The van der Waals surface area contributed by atoms with Crippen LogP contribution in [-0.2, 0) is 9.84 Å². The van der Waals surface area contributed by atoms with E-state index in [9.17, 15) is 13.2 Å². The number of hydrogen-bond acceptors (Lipinski definition) is 5. The average Bonchev–Trinajstić information content (AvgIpc) is 2.29. The zero-order valence-electron chi connectivity index (χ0n) is 9.54. The van der Waals surface area contributed by atoms with Gasteiger partial charge < -0.3 is 5.73 Å². The molecule has 0 spiro atoms. The second kappa shape index (κ2) is 4.26. The van der Waals surface area contributed by atoms with Crippen LogP contribution in [0.2, 0.25) is 0 Å². The SMILES string of the molecule is CS(=O)(=O)c1cc(-c2ccn[nH]c2=O)ccc1N. The zero-order chi connectivity index (χ0) is 13.3. The van der Waals surface area contributed by atoms with Gasteiger partial charge in [0.15, 0.2) is 9.84 Å². The van der Waals surface area contributed by atoms with Crippen molar-refractivity contribution in [3.8, 4) is 11.1 Å². The van der Waals surface area contributed by atoms with E-state index in [0.717, 1.165) is 6.26 Å². The molecule has 0 saturated heterocycles. The zero-order valence-corrected chi connectivity index (χ0v) is 10.4. The molecule has 0 aliphatic rings. The Hall–Kier alpha value is -2.15. The number of hydrogen-bond donors (Lipinski definition) is 2. The van der Waals surface area contributed by atoms with Gasteiger partial charge in [0.1, 0.15) is 0 Å². The molecule has 1 heterocycles. The van der Waals surface area contributed by atoms with Gasteiger partial charge in [0.05, 0.1) is 16.1 Å². The van der Waals surface area contributed by atoms with Crippen LogP contribution in [0.4, 0.5) is 5.69 Å². The Kier molecular flexibility index (Phi) is 2.92. The highest BCUT2D eigenvalue weighted by Gasteiger charge is 2.13. The number of rotatable bonds is 2. The monoisotopic (exact) mass is 265 g/mol. The molecule has 0 aliphatic heterocycles. The molecule has 94 valence electrons. The first-order valence-corrected chi connectivity index (χ1v) is 6.92. The van der Waals surface area contributed by atoms with Gasteiger partial charge >= 0.3 is 0 Å². The first-order valence-electron chi connectivity index (χ1n) is 5.03. The highest BCUT2D eigenvalue weighted by molar-refractivity contribution is 7.90. The Morgan fingerprint density at radius 3 is 2.61 bits per heavy atom. The molecule has 7 heteroatoms. The summed E-state index contributed by atoms with van der Waals surface area (Å²) in [5.41, 5.74) is 6.21. The molecule has 0 bridgehead atoms. The third kappa shape index (κ3) is 2.25. The minimum atomic E-state index is -3.43. The van der Waals surface area contributed by atoms with Gasteiger partial charge in [-0.3, -0.25) is 4.79 Å². The smallest absolute Gasteiger partial charge is 0.272 e. The molecule has 18 heavy (non-hydrogen) atoms. The highest BCUT2D eigenvalue weighted by atomic mass is 32.2. The molecule has 0 fully saturated rings. The normalized spacial score (nSPS) is 11.4. The lowest BCUT2D eigenvalue weighted by atomic mass is 10.1. The van der Waals surface area contributed by atoms with E-state index in [0.29, 0.717) is 11.1 Å². The second-order valence-electron chi connectivity index (χ2n) is 3.82. The number of sulfone groups is 1. The van der Waals surface area contributed by atoms with Gasteiger partial charge in [0.25, 0.3) is 5.56 Å². The number of aromatic amines is 1. The molecule has 0 unspecified atom stereocenters. The summed E-state index contributed by atoms with van der Waals surface area (Å²) in [6.45, 7) is 0. The molecule has 0 saturated carbocycles. The predicted molar refractivity (Wildman–Crippen MR) is 67.8 cm³/mol. The molecule has 1 aromatic carbocycles. The summed E-state index contributed by atoms with van der Waals surface area (Å²) in [6.07, 6.45) is 2.49. The molecular weight excluding hydrogens is 254 g/mol. The van der Waals surface area contributed by atoms with Crippen molar-refractivity contribution < 1.29 is 8.42 Å². The number of anilines is 1. The van der Waals surface area contributed by atoms with Crippen LogP contribution in [0.1, 0.15) is 0 Å². The minimum absolute atomic E-state index is 0.0104. The van der Waals surface area contributed by atoms with E-state index >= 15 is 0 Å². The van der Waals surface area contributed by atoms with Crippen LogP contribution < -0.4 is 11.3 Å². The summed E-state index contributed by atoms with van der Waals surface area (Å²) in [5.74, 6) is 0. The predicted octanol–water partition coefficient (Wildman–Crippen LogP) is 0.423. The number of benzene rings is 1. The fourth-order valence-electron chi connectivity index (χ4n) is 1.59. The fraction of sp³-hybridized carbons (Fsp3) is 0.0909. The van der Waals surface area contributed by atoms with E-state index in [1.807, 2.05) is 0 Å². The Morgan fingerprint density at radius 2 is 2.00 bits per heavy atom. The average molecular weight is 265 g/mol. The standard InChI is InChI=1S/C11H11N3O3S/c1-18(16,17)10-6-7(2-3-9(10)12)8-4-5-13-14-11(8)15/h2-6H,12H2,1H3,(H,14,15). The number of nitrogens with two attached hydrogens (primary N) is 1. The lowest BCUT2D eigenvalue weighted by Crippen LogP contribution is -2.10. The number of nitrogen functional groups attached to an aromatic ring is 1. The van der Waals surface area contributed by atoms with Crippen LogP contribution in [0, 0.1) is 0 Å². The molecule has 1 aromatic heterocycles.